The van der Waals surface area contributed by atoms with E-state index >= 15 is 0 Å². The van der Waals surface area contributed by atoms with Gasteiger partial charge in [0, 0.05) is 16.8 Å². The minimum Gasteiger partial charge on any atom is -0.395 e. The van der Waals surface area contributed by atoms with Crippen molar-refractivity contribution >= 4 is 44.3 Å². The molecule has 3 aromatic rings. The van der Waals surface area contributed by atoms with E-state index in [1.807, 2.05) is 11.6 Å². The minimum absolute atomic E-state index is 0.0810. The number of benzene rings is 1. The number of nitrogens with one attached hydrogen (secondary N) is 1. The van der Waals surface area contributed by atoms with E-state index in [-0.39, 0.29) is 5.41 Å². The first-order valence-corrected chi connectivity index (χ1v) is 8.23. The number of hydrogen-bond donors (Lipinski definition) is 2. The first-order valence-electron chi connectivity index (χ1n) is 6.47. The predicted molar refractivity (Wildman–Crippen MR) is 89.9 cm³/mol. The maximum atomic E-state index is 6.20. The highest BCUT2D eigenvalue weighted by molar-refractivity contribution is 7.16. The Morgan fingerprint density at radius 3 is 2.85 bits per heavy atom. The Kier molecular flexibility index (Phi) is 3.40. The Hall–Kier alpha value is -1.59. The molecule has 1 aromatic carbocycles. The van der Waals surface area contributed by atoms with Gasteiger partial charge in [0.1, 0.15) is 5.52 Å². The second-order valence-corrected chi connectivity index (χ2v) is 7.27. The SMILES string of the molecule is CC(C)(CNc1ccc2scnc2c1N)c1cccs1. The Balaban J connectivity index is 1.82. The summed E-state index contributed by atoms with van der Waals surface area (Å²) >= 11 is 3.41. The van der Waals surface area contributed by atoms with E-state index in [4.69, 9.17) is 5.73 Å². The lowest BCUT2D eigenvalue weighted by molar-refractivity contribution is 0.569. The van der Waals surface area contributed by atoms with Crippen molar-refractivity contribution in [3.8, 4) is 0 Å². The molecule has 0 aliphatic carbocycles. The van der Waals surface area contributed by atoms with Gasteiger partial charge < -0.3 is 11.1 Å². The summed E-state index contributed by atoms with van der Waals surface area (Å²) in [7, 11) is 0. The van der Waals surface area contributed by atoms with Crippen LogP contribution in [0.1, 0.15) is 18.7 Å². The summed E-state index contributed by atoms with van der Waals surface area (Å²) in [5.74, 6) is 0. The lowest BCUT2D eigenvalue weighted by atomic mass is 9.91. The maximum absolute atomic E-state index is 6.20. The topological polar surface area (TPSA) is 50.9 Å². The van der Waals surface area contributed by atoms with Crippen molar-refractivity contribution in [1.29, 1.82) is 0 Å². The average molecular weight is 303 g/mol. The normalized spacial score (nSPS) is 11.9. The lowest BCUT2D eigenvalue weighted by Crippen LogP contribution is -2.26. The summed E-state index contributed by atoms with van der Waals surface area (Å²) in [5.41, 5.74) is 10.7. The van der Waals surface area contributed by atoms with Gasteiger partial charge in [-0.05, 0) is 23.6 Å². The first-order chi connectivity index (χ1) is 9.58. The van der Waals surface area contributed by atoms with Crippen LogP contribution in [0.15, 0.2) is 35.2 Å². The molecular formula is C15H17N3S2. The largest absolute Gasteiger partial charge is 0.395 e. The Labute approximate surface area is 126 Å². The maximum Gasteiger partial charge on any atom is 0.106 e. The van der Waals surface area contributed by atoms with Crippen molar-refractivity contribution in [2.45, 2.75) is 19.3 Å². The van der Waals surface area contributed by atoms with Gasteiger partial charge in [-0.15, -0.1) is 22.7 Å². The van der Waals surface area contributed by atoms with Crippen molar-refractivity contribution in [3.05, 3.63) is 40.0 Å². The number of aromatic nitrogens is 1. The van der Waals surface area contributed by atoms with Crippen molar-refractivity contribution in [1.82, 2.24) is 4.98 Å². The van der Waals surface area contributed by atoms with Crippen molar-refractivity contribution in [2.75, 3.05) is 17.6 Å². The van der Waals surface area contributed by atoms with E-state index in [2.05, 4.69) is 47.7 Å². The third kappa shape index (κ3) is 2.39. The van der Waals surface area contributed by atoms with Crippen LogP contribution in [0.25, 0.3) is 10.2 Å². The molecule has 0 unspecified atom stereocenters. The summed E-state index contributed by atoms with van der Waals surface area (Å²) in [4.78, 5) is 5.70. The van der Waals surface area contributed by atoms with Crippen LogP contribution in [0.2, 0.25) is 0 Å². The summed E-state index contributed by atoms with van der Waals surface area (Å²) in [6, 6.07) is 8.39. The molecule has 0 aliphatic heterocycles. The zero-order valence-electron chi connectivity index (χ0n) is 11.5. The van der Waals surface area contributed by atoms with Gasteiger partial charge in [-0.1, -0.05) is 19.9 Å². The summed E-state index contributed by atoms with van der Waals surface area (Å²) in [6.45, 7) is 5.32. The fraction of sp³-hybridized carbons (Fsp3) is 0.267. The molecule has 0 saturated heterocycles. The quantitative estimate of drug-likeness (QED) is 0.705. The van der Waals surface area contributed by atoms with Crippen LogP contribution in [-0.4, -0.2) is 11.5 Å². The molecular weight excluding hydrogens is 286 g/mol. The number of thiazole rings is 1. The Bertz CT molecular complexity index is 714. The highest BCUT2D eigenvalue weighted by Crippen LogP contribution is 2.32. The first kappa shape index (κ1) is 13.4. The molecule has 2 aromatic heterocycles. The zero-order chi connectivity index (χ0) is 14.2. The Morgan fingerprint density at radius 2 is 2.10 bits per heavy atom. The van der Waals surface area contributed by atoms with Gasteiger partial charge in [-0.2, -0.15) is 0 Å². The van der Waals surface area contributed by atoms with Crippen molar-refractivity contribution < 1.29 is 0 Å². The summed E-state index contributed by atoms with van der Waals surface area (Å²) in [6.07, 6.45) is 0. The number of nitrogen functional groups attached to an aromatic ring is 1. The monoisotopic (exact) mass is 303 g/mol. The second-order valence-electron chi connectivity index (χ2n) is 5.44. The highest BCUT2D eigenvalue weighted by atomic mass is 32.1. The van der Waals surface area contributed by atoms with E-state index in [1.165, 1.54) is 4.88 Å². The van der Waals surface area contributed by atoms with Crippen molar-refractivity contribution in [2.24, 2.45) is 0 Å². The van der Waals surface area contributed by atoms with E-state index in [1.54, 1.807) is 22.7 Å². The molecule has 0 aliphatic rings. The molecule has 5 heteroatoms. The van der Waals surface area contributed by atoms with Crippen LogP contribution >= 0.6 is 22.7 Å². The number of nitrogens with two attached hydrogens (primary N) is 1. The van der Waals surface area contributed by atoms with Gasteiger partial charge in [0.2, 0.25) is 0 Å². The second kappa shape index (κ2) is 5.07. The van der Waals surface area contributed by atoms with Gasteiger partial charge in [0.25, 0.3) is 0 Å². The molecule has 20 heavy (non-hydrogen) atoms. The number of rotatable bonds is 4. The van der Waals surface area contributed by atoms with Crippen LogP contribution in [-0.2, 0) is 5.41 Å². The zero-order valence-corrected chi connectivity index (χ0v) is 13.1. The van der Waals surface area contributed by atoms with Crippen molar-refractivity contribution in [3.63, 3.8) is 0 Å². The molecule has 3 rings (SSSR count). The van der Waals surface area contributed by atoms with E-state index in [9.17, 15) is 0 Å². The molecule has 0 fully saturated rings. The summed E-state index contributed by atoms with van der Waals surface area (Å²) < 4.78 is 1.13. The molecule has 0 spiro atoms. The number of hydrogen-bond acceptors (Lipinski definition) is 5. The standard InChI is InChI=1S/C15H17N3S2/c1-15(2,12-4-3-7-19-12)8-17-10-5-6-11-14(13(10)16)18-9-20-11/h3-7,9,17H,8,16H2,1-2H3. The van der Waals surface area contributed by atoms with Gasteiger partial charge in [-0.3, -0.25) is 0 Å². The van der Waals surface area contributed by atoms with E-state index in [0.717, 1.165) is 28.1 Å². The lowest BCUT2D eigenvalue weighted by Gasteiger charge is -2.24. The van der Waals surface area contributed by atoms with Crippen LogP contribution < -0.4 is 11.1 Å². The van der Waals surface area contributed by atoms with E-state index < -0.39 is 0 Å². The molecule has 0 atom stereocenters. The minimum atomic E-state index is 0.0810. The van der Waals surface area contributed by atoms with Crippen LogP contribution in [0.3, 0.4) is 0 Å². The predicted octanol–water partition coefficient (Wildman–Crippen LogP) is 4.33. The molecule has 2 heterocycles. The molecule has 3 nitrogen and oxygen atoms in total. The van der Waals surface area contributed by atoms with Gasteiger partial charge in [0.05, 0.1) is 21.6 Å². The molecule has 0 radical (unpaired) electrons. The van der Waals surface area contributed by atoms with Gasteiger partial charge in [0.15, 0.2) is 0 Å². The fourth-order valence-electron chi connectivity index (χ4n) is 2.17. The van der Waals surface area contributed by atoms with E-state index in [0.29, 0.717) is 0 Å². The van der Waals surface area contributed by atoms with Gasteiger partial charge >= 0.3 is 0 Å². The highest BCUT2D eigenvalue weighted by Gasteiger charge is 2.21. The third-order valence-corrected chi connectivity index (χ3v) is 5.48. The number of anilines is 2. The number of fused-ring (bicyclic) bond motifs is 1. The van der Waals surface area contributed by atoms with Crippen LogP contribution in [0.4, 0.5) is 11.4 Å². The average Bonchev–Trinajstić information content (AvgIpc) is 3.09. The smallest absolute Gasteiger partial charge is 0.106 e. The summed E-state index contributed by atoms with van der Waals surface area (Å²) in [5, 5.41) is 5.59. The Morgan fingerprint density at radius 1 is 1.25 bits per heavy atom. The molecule has 0 bridgehead atoms. The molecule has 3 N–H and O–H groups in total. The third-order valence-electron chi connectivity index (χ3n) is 3.45. The fourth-order valence-corrected chi connectivity index (χ4v) is 3.72. The molecule has 0 amide bonds. The van der Waals surface area contributed by atoms with Gasteiger partial charge in [-0.25, -0.2) is 4.98 Å². The number of thiophene rings is 1. The number of nitrogens with zero attached hydrogens (tertiary/aromatic N) is 1. The van der Waals surface area contributed by atoms with Crippen LogP contribution in [0, 0.1) is 0 Å². The molecule has 0 saturated carbocycles. The molecule has 104 valence electrons. The van der Waals surface area contributed by atoms with Crippen LogP contribution in [0.5, 0.6) is 0 Å².